The van der Waals surface area contributed by atoms with E-state index in [0.717, 1.165) is 49.4 Å². The third kappa shape index (κ3) is 1.97. The van der Waals surface area contributed by atoms with Gasteiger partial charge in [-0.2, -0.15) is 0 Å². The summed E-state index contributed by atoms with van der Waals surface area (Å²) in [6, 6.07) is 0. The second-order valence-corrected chi connectivity index (χ2v) is 8.41. The molecule has 0 heterocycles. The highest BCUT2D eigenvalue weighted by Gasteiger charge is 2.58. The third-order valence-corrected chi connectivity index (χ3v) is 8.00. The maximum atomic E-state index is 12.5. The second kappa shape index (κ2) is 5.08. The summed E-state index contributed by atoms with van der Waals surface area (Å²) in [5.74, 6) is 4.61. The summed E-state index contributed by atoms with van der Waals surface area (Å²) >= 11 is 0. The molecule has 0 amide bonds. The number of aliphatic hydroxyl groups excluding tert-OH is 1. The highest BCUT2D eigenvalue weighted by Crippen LogP contribution is 2.62. The van der Waals surface area contributed by atoms with Crippen molar-refractivity contribution >= 4 is 5.78 Å². The second-order valence-electron chi connectivity index (χ2n) is 8.41. The first kappa shape index (κ1) is 14.2. The summed E-state index contributed by atoms with van der Waals surface area (Å²) < 4.78 is 0. The van der Waals surface area contributed by atoms with Gasteiger partial charge in [0.1, 0.15) is 5.78 Å². The van der Waals surface area contributed by atoms with E-state index in [0.29, 0.717) is 11.7 Å². The van der Waals surface area contributed by atoms with Crippen molar-refractivity contribution in [3.05, 3.63) is 0 Å². The summed E-state index contributed by atoms with van der Waals surface area (Å²) in [5, 5.41) is 9.96. The predicted molar refractivity (Wildman–Crippen MR) is 82.7 cm³/mol. The van der Waals surface area contributed by atoms with Gasteiger partial charge in [-0.1, -0.05) is 6.92 Å². The molecule has 7 atom stereocenters. The van der Waals surface area contributed by atoms with E-state index in [1.54, 1.807) is 0 Å². The van der Waals surface area contributed by atoms with E-state index in [1.165, 1.54) is 38.5 Å². The van der Waals surface area contributed by atoms with Gasteiger partial charge in [0.2, 0.25) is 0 Å². The minimum Gasteiger partial charge on any atom is -0.393 e. The molecule has 0 aliphatic heterocycles. The van der Waals surface area contributed by atoms with Gasteiger partial charge in [0.05, 0.1) is 6.10 Å². The summed E-state index contributed by atoms with van der Waals surface area (Å²) in [4.78, 5) is 12.5. The van der Waals surface area contributed by atoms with Crippen molar-refractivity contribution in [1.82, 2.24) is 0 Å². The van der Waals surface area contributed by atoms with E-state index in [1.807, 2.05) is 0 Å². The predicted octanol–water partition coefficient (Wildman–Crippen LogP) is 3.96. The van der Waals surface area contributed by atoms with E-state index < -0.39 is 0 Å². The molecule has 0 radical (unpaired) electrons. The zero-order valence-corrected chi connectivity index (χ0v) is 13.4. The molecule has 0 aromatic rings. The zero-order chi connectivity index (χ0) is 14.6. The number of fused-ring (bicyclic) bond motifs is 5. The topological polar surface area (TPSA) is 37.3 Å². The molecule has 1 N–H and O–H groups in total. The van der Waals surface area contributed by atoms with E-state index in [2.05, 4.69) is 6.92 Å². The molecule has 0 aromatic carbocycles. The molecule has 4 fully saturated rings. The highest BCUT2D eigenvalue weighted by molar-refractivity contribution is 5.87. The van der Waals surface area contributed by atoms with E-state index in [4.69, 9.17) is 0 Å². The molecule has 118 valence electrons. The lowest BCUT2D eigenvalue weighted by atomic mass is 9.49. The Hall–Kier alpha value is -0.370. The van der Waals surface area contributed by atoms with Crippen LogP contribution in [0.15, 0.2) is 0 Å². The van der Waals surface area contributed by atoms with Crippen molar-refractivity contribution in [3.63, 3.8) is 0 Å². The average Bonchev–Trinajstić information content (AvgIpc) is 2.84. The molecule has 0 bridgehead atoms. The Balaban J connectivity index is 1.59. The van der Waals surface area contributed by atoms with Gasteiger partial charge >= 0.3 is 0 Å². The van der Waals surface area contributed by atoms with Gasteiger partial charge in [-0.3, -0.25) is 4.79 Å². The van der Waals surface area contributed by atoms with Gasteiger partial charge in [0.25, 0.3) is 0 Å². The van der Waals surface area contributed by atoms with Crippen LogP contribution in [-0.4, -0.2) is 17.0 Å². The fourth-order valence-corrected chi connectivity index (χ4v) is 7.05. The maximum absolute atomic E-state index is 12.5. The first-order chi connectivity index (χ1) is 10.2. The van der Waals surface area contributed by atoms with Crippen LogP contribution in [-0.2, 0) is 4.79 Å². The van der Waals surface area contributed by atoms with Gasteiger partial charge in [-0.25, -0.2) is 0 Å². The lowest BCUT2D eigenvalue weighted by Crippen LogP contribution is -2.49. The molecule has 4 aliphatic carbocycles. The average molecular weight is 290 g/mol. The Bertz CT molecular complexity index is 431. The molecule has 21 heavy (non-hydrogen) atoms. The minimum absolute atomic E-state index is 0.0332. The molecule has 2 heteroatoms. The number of aliphatic hydroxyl groups is 1. The van der Waals surface area contributed by atoms with Crippen LogP contribution in [0.1, 0.15) is 71.1 Å². The number of hydrogen-bond donors (Lipinski definition) is 1. The van der Waals surface area contributed by atoms with E-state index >= 15 is 0 Å². The van der Waals surface area contributed by atoms with Gasteiger partial charge in [-0.05, 0) is 87.4 Å². The van der Waals surface area contributed by atoms with Crippen LogP contribution in [0.4, 0.5) is 0 Å². The first-order valence-corrected chi connectivity index (χ1v) is 9.37. The lowest BCUT2D eigenvalue weighted by Gasteiger charge is -2.55. The van der Waals surface area contributed by atoms with Crippen molar-refractivity contribution in [2.24, 2.45) is 35.0 Å². The maximum Gasteiger partial charge on any atom is 0.139 e. The molecule has 0 saturated heterocycles. The van der Waals surface area contributed by atoms with Crippen molar-refractivity contribution in [1.29, 1.82) is 0 Å². The van der Waals surface area contributed by atoms with E-state index in [-0.39, 0.29) is 11.5 Å². The number of Topliss-reactive ketones (excluding diaryl/α,β-unsaturated/α-hetero) is 1. The highest BCUT2D eigenvalue weighted by atomic mass is 16.3. The fraction of sp³-hybridized carbons (Fsp3) is 0.947. The van der Waals surface area contributed by atoms with Crippen LogP contribution in [0.2, 0.25) is 0 Å². The summed E-state index contributed by atoms with van der Waals surface area (Å²) in [5.41, 5.74) is 0.0716. The molecule has 2 nitrogen and oxygen atoms in total. The lowest BCUT2D eigenvalue weighted by molar-refractivity contribution is -0.135. The van der Waals surface area contributed by atoms with Crippen LogP contribution < -0.4 is 0 Å². The number of ketones is 1. The van der Waals surface area contributed by atoms with Crippen molar-refractivity contribution in [2.75, 3.05) is 0 Å². The van der Waals surface area contributed by atoms with Crippen LogP contribution in [0, 0.1) is 35.0 Å². The molecular weight excluding hydrogens is 260 g/mol. The number of rotatable bonds is 1. The van der Waals surface area contributed by atoms with Gasteiger partial charge in [0, 0.05) is 11.8 Å². The molecule has 4 rings (SSSR count). The molecular formula is C19H30O2. The summed E-state index contributed by atoms with van der Waals surface area (Å²) in [7, 11) is 0. The third-order valence-electron chi connectivity index (χ3n) is 8.00. The van der Waals surface area contributed by atoms with Crippen LogP contribution in [0.5, 0.6) is 0 Å². The first-order valence-electron chi connectivity index (χ1n) is 9.37. The molecule has 0 spiro atoms. The Kier molecular flexibility index (Phi) is 3.44. The Labute approximate surface area is 128 Å². The number of carbonyl (C=O) groups is 1. The smallest absolute Gasteiger partial charge is 0.139 e. The van der Waals surface area contributed by atoms with Crippen LogP contribution in [0.3, 0.4) is 0 Å². The largest absolute Gasteiger partial charge is 0.393 e. The van der Waals surface area contributed by atoms with Crippen LogP contribution >= 0.6 is 0 Å². The Morgan fingerprint density at radius 2 is 1.86 bits per heavy atom. The van der Waals surface area contributed by atoms with E-state index in [9.17, 15) is 9.90 Å². The Morgan fingerprint density at radius 1 is 1.05 bits per heavy atom. The normalized spacial score (nSPS) is 53.0. The fourth-order valence-electron chi connectivity index (χ4n) is 7.05. The molecule has 0 aromatic heterocycles. The quantitative estimate of drug-likeness (QED) is 0.793. The van der Waals surface area contributed by atoms with Gasteiger partial charge in [0.15, 0.2) is 0 Å². The minimum atomic E-state index is -0.0332. The monoisotopic (exact) mass is 290 g/mol. The number of carbonyl (C=O) groups excluding carboxylic acids is 1. The van der Waals surface area contributed by atoms with Crippen molar-refractivity contribution < 1.29 is 9.90 Å². The van der Waals surface area contributed by atoms with Crippen LogP contribution in [0.25, 0.3) is 0 Å². The van der Waals surface area contributed by atoms with Gasteiger partial charge in [-0.15, -0.1) is 0 Å². The standard InChI is InChI=1S/C19H30O2/c1-2-19-10-9-15-14-6-4-13(20)11-12(14)3-5-16(15)17(19)7-8-18(19)21/h12-17,20H,2-11H2,1H3/t12?,13-,14-,15+,16+,17-,19-/m0/s1. The summed E-state index contributed by atoms with van der Waals surface area (Å²) in [6.45, 7) is 2.25. The van der Waals surface area contributed by atoms with Crippen molar-refractivity contribution in [3.8, 4) is 0 Å². The Morgan fingerprint density at radius 3 is 2.67 bits per heavy atom. The molecule has 4 saturated carbocycles. The summed E-state index contributed by atoms with van der Waals surface area (Å²) in [6.07, 6.45) is 11.5. The number of hydrogen-bond acceptors (Lipinski definition) is 2. The molecule has 1 unspecified atom stereocenters. The molecule has 4 aliphatic rings. The zero-order valence-electron chi connectivity index (χ0n) is 13.4. The van der Waals surface area contributed by atoms with Crippen molar-refractivity contribution in [2.45, 2.75) is 77.2 Å². The van der Waals surface area contributed by atoms with Gasteiger partial charge < -0.3 is 5.11 Å². The SMILES string of the molecule is CC[C@]12CC[C@H]3[C@@H](CCC4C[C@@H](O)CC[C@@H]43)[C@@H]1CCC2=O.